The minimum atomic E-state index is -0.639. The Kier molecular flexibility index (Phi) is 3.73. The van der Waals surface area contributed by atoms with E-state index in [1.54, 1.807) is 12.4 Å². The molecular formula is C17H19FN2O3S. The van der Waals surface area contributed by atoms with Crippen molar-refractivity contribution in [1.82, 2.24) is 10.3 Å². The van der Waals surface area contributed by atoms with Crippen molar-refractivity contribution in [2.45, 2.75) is 50.4 Å². The Morgan fingerprint density at radius 2 is 2.21 bits per heavy atom. The number of carbonyl (C=O) groups excluding carboxylic acids is 1. The highest BCUT2D eigenvalue weighted by Gasteiger charge is 2.42. The molecule has 2 fully saturated rings. The van der Waals surface area contributed by atoms with E-state index in [-0.39, 0.29) is 29.8 Å². The fourth-order valence-corrected chi connectivity index (χ4v) is 4.19. The van der Waals surface area contributed by atoms with Gasteiger partial charge in [0.25, 0.3) is 0 Å². The number of aliphatic hydroxyl groups is 1. The van der Waals surface area contributed by atoms with Crippen LogP contribution in [0.15, 0.2) is 17.6 Å². The molecule has 0 radical (unpaired) electrons. The van der Waals surface area contributed by atoms with Crippen molar-refractivity contribution in [2.24, 2.45) is 5.92 Å². The van der Waals surface area contributed by atoms with E-state index in [0.29, 0.717) is 36.9 Å². The smallest absolute Gasteiger partial charge is 0.223 e. The summed E-state index contributed by atoms with van der Waals surface area (Å²) in [7, 11) is 0. The molecule has 4 rings (SSSR count). The van der Waals surface area contributed by atoms with Gasteiger partial charge in [0.2, 0.25) is 5.91 Å². The third kappa shape index (κ3) is 2.98. The topological polar surface area (TPSA) is 71.5 Å². The molecule has 2 saturated carbocycles. The molecule has 1 amide bonds. The van der Waals surface area contributed by atoms with Gasteiger partial charge in [0.15, 0.2) is 0 Å². The van der Waals surface area contributed by atoms with E-state index in [1.165, 1.54) is 23.5 Å². The van der Waals surface area contributed by atoms with E-state index in [4.69, 9.17) is 4.74 Å². The summed E-state index contributed by atoms with van der Waals surface area (Å²) in [5.74, 6) is 0.0611. The Morgan fingerprint density at radius 1 is 1.46 bits per heavy atom. The molecule has 2 N–H and O–H groups in total. The number of rotatable bonds is 4. The first kappa shape index (κ1) is 15.8. The second-order valence-corrected chi connectivity index (χ2v) is 8.01. The van der Waals surface area contributed by atoms with Crippen LogP contribution in [0.4, 0.5) is 4.39 Å². The molecule has 0 saturated heterocycles. The number of ether oxygens (including phenoxy) is 1. The van der Waals surface area contributed by atoms with Crippen LogP contribution in [-0.2, 0) is 4.79 Å². The van der Waals surface area contributed by atoms with E-state index in [0.717, 1.165) is 4.70 Å². The number of benzene rings is 1. The van der Waals surface area contributed by atoms with Crippen molar-refractivity contribution < 1.29 is 19.0 Å². The quantitative estimate of drug-likeness (QED) is 0.889. The number of hydrogen-bond acceptors (Lipinski definition) is 5. The lowest BCUT2D eigenvalue weighted by molar-refractivity contribution is -0.134. The van der Waals surface area contributed by atoms with Crippen LogP contribution < -0.4 is 10.1 Å². The molecule has 1 aromatic heterocycles. The van der Waals surface area contributed by atoms with Crippen LogP contribution in [0, 0.1) is 11.7 Å². The van der Waals surface area contributed by atoms with Crippen molar-refractivity contribution >= 4 is 27.5 Å². The van der Waals surface area contributed by atoms with Gasteiger partial charge < -0.3 is 15.2 Å². The third-order valence-electron chi connectivity index (χ3n) is 4.84. The third-order valence-corrected chi connectivity index (χ3v) is 5.62. The molecule has 5 nitrogen and oxygen atoms in total. The summed E-state index contributed by atoms with van der Waals surface area (Å²) in [6.45, 7) is 1.78. The number of aromatic nitrogens is 1. The number of carbonyl (C=O) groups is 1. The molecule has 0 unspecified atom stereocenters. The van der Waals surface area contributed by atoms with Crippen LogP contribution in [0.25, 0.3) is 10.2 Å². The van der Waals surface area contributed by atoms with Crippen LogP contribution in [0.3, 0.4) is 0 Å². The minimum absolute atomic E-state index is 0.0217. The van der Waals surface area contributed by atoms with Gasteiger partial charge in [-0.05, 0) is 38.7 Å². The number of hydrogen-bond donors (Lipinski definition) is 2. The first-order chi connectivity index (χ1) is 11.4. The standard InChI is InChI=1S/C17H19FN2O3S/c1-17(22)6-11(7-17)20-16(21)9-2-12(3-9)23-13-4-10(18)5-14-15(13)19-8-24-14/h4-5,8-9,11-12,22H,2-3,6-7H2,1H3,(H,20,21)/t9-,11-,12-,17+. The lowest BCUT2D eigenvalue weighted by atomic mass is 9.76. The molecule has 0 bridgehead atoms. The number of amides is 1. The highest BCUT2D eigenvalue weighted by atomic mass is 32.1. The van der Waals surface area contributed by atoms with E-state index in [9.17, 15) is 14.3 Å². The van der Waals surface area contributed by atoms with Crippen molar-refractivity contribution in [3.8, 4) is 5.75 Å². The first-order valence-electron chi connectivity index (χ1n) is 8.12. The predicted molar refractivity (Wildman–Crippen MR) is 88.5 cm³/mol. The maximum Gasteiger partial charge on any atom is 0.223 e. The monoisotopic (exact) mass is 350 g/mol. The number of nitrogens with zero attached hydrogens (tertiary/aromatic N) is 1. The molecule has 24 heavy (non-hydrogen) atoms. The lowest BCUT2D eigenvalue weighted by Gasteiger charge is -2.43. The molecule has 0 atom stereocenters. The maximum absolute atomic E-state index is 13.6. The van der Waals surface area contributed by atoms with E-state index >= 15 is 0 Å². The zero-order chi connectivity index (χ0) is 16.9. The van der Waals surface area contributed by atoms with Gasteiger partial charge >= 0.3 is 0 Å². The lowest BCUT2D eigenvalue weighted by Crippen LogP contribution is -2.56. The average molecular weight is 350 g/mol. The molecule has 0 spiro atoms. The van der Waals surface area contributed by atoms with Gasteiger partial charge in [-0.3, -0.25) is 4.79 Å². The molecule has 2 aromatic rings. The largest absolute Gasteiger partial charge is 0.488 e. The second-order valence-electron chi connectivity index (χ2n) is 7.12. The zero-order valence-electron chi connectivity index (χ0n) is 13.3. The van der Waals surface area contributed by atoms with Crippen LogP contribution in [0.1, 0.15) is 32.6 Å². The minimum Gasteiger partial charge on any atom is -0.488 e. The summed E-state index contributed by atoms with van der Waals surface area (Å²) in [6, 6.07) is 2.88. The Hall–Kier alpha value is -1.73. The summed E-state index contributed by atoms with van der Waals surface area (Å²) in [5, 5.41) is 12.7. The van der Waals surface area contributed by atoms with E-state index in [1.807, 2.05) is 0 Å². The average Bonchev–Trinajstić information content (AvgIpc) is 2.87. The van der Waals surface area contributed by atoms with Crippen molar-refractivity contribution in [3.05, 3.63) is 23.5 Å². The normalized spacial score (nSPS) is 32.0. The fraction of sp³-hybridized carbons (Fsp3) is 0.529. The Labute approximate surface area is 142 Å². The highest BCUT2D eigenvalue weighted by molar-refractivity contribution is 7.16. The van der Waals surface area contributed by atoms with E-state index < -0.39 is 5.60 Å². The highest BCUT2D eigenvalue weighted by Crippen LogP contribution is 2.37. The van der Waals surface area contributed by atoms with Gasteiger partial charge in [0.05, 0.1) is 15.8 Å². The van der Waals surface area contributed by atoms with Crippen LogP contribution in [0.5, 0.6) is 5.75 Å². The number of fused-ring (bicyclic) bond motifs is 1. The van der Waals surface area contributed by atoms with Gasteiger partial charge in [0, 0.05) is 18.0 Å². The predicted octanol–water partition coefficient (Wildman–Crippen LogP) is 2.62. The van der Waals surface area contributed by atoms with E-state index in [2.05, 4.69) is 10.3 Å². The SMILES string of the molecule is C[C@]1(O)C[C@@H](NC(=O)[C@H]2C[C@H](Oc3cc(F)cc4scnc34)C2)C1. The molecule has 2 aliphatic carbocycles. The maximum atomic E-state index is 13.6. The van der Waals surface area contributed by atoms with Gasteiger partial charge in [0.1, 0.15) is 23.2 Å². The summed E-state index contributed by atoms with van der Waals surface area (Å²) < 4.78 is 20.2. The summed E-state index contributed by atoms with van der Waals surface area (Å²) in [5.41, 5.74) is 1.70. The Balaban J connectivity index is 1.31. The molecule has 1 heterocycles. The molecule has 0 aliphatic heterocycles. The summed E-state index contributed by atoms with van der Waals surface area (Å²) >= 11 is 1.37. The Morgan fingerprint density at radius 3 is 2.92 bits per heavy atom. The van der Waals surface area contributed by atoms with Crippen molar-refractivity contribution in [1.29, 1.82) is 0 Å². The van der Waals surface area contributed by atoms with Crippen molar-refractivity contribution in [3.63, 3.8) is 0 Å². The van der Waals surface area contributed by atoms with Crippen LogP contribution >= 0.6 is 11.3 Å². The number of halogens is 1. The molecule has 2 aliphatic rings. The molecule has 7 heteroatoms. The van der Waals surface area contributed by atoms with Crippen molar-refractivity contribution in [2.75, 3.05) is 0 Å². The van der Waals surface area contributed by atoms with Gasteiger partial charge in [-0.25, -0.2) is 9.37 Å². The number of thiazole rings is 1. The first-order valence-corrected chi connectivity index (χ1v) is 9.00. The molecular weight excluding hydrogens is 331 g/mol. The number of nitrogens with one attached hydrogen (secondary N) is 1. The molecule has 1 aromatic carbocycles. The molecule has 128 valence electrons. The zero-order valence-corrected chi connectivity index (χ0v) is 14.1. The summed E-state index contributed by atoms with van der Waals surface area (Å²) in [6.07, 6.45) is 2.37. The van der Waals surface area contributed by atoms with Gasteiger partial charge in [-0.15, -0.1) is 11.3 Å². The van der Waals surface area contributed by atoms with Gasteiger partial charge in [-0.1, -0.05) is 0 Å². The fourth-order valence-electron chi connectivity index (χ4n) is 3.47. The Bertz CT molecular complexity index is 777. The van der Waals surface area contributed by atoms with Crippen LogP contribution in [-0.4, -0.2) is 33.7 Å². The van der Waals surface area contributed by atoms with Crippen LogP contribution in [0.2, 0.25) is 0 Å². The van der Waals surface area contributed by atoms with Gasteiger partial charge in [-0.2, -0.15) is 0 Å². The summed E-state index contributed by atoms with van der Waals surface area (Å²) in [4.78, 5) is 16.4. The second kappa shape index (κ2) is 5.67.